The fourth-order valence-electron chi connectivity index (χ4n) is 1.70. The summed E-state index contributed by atoms with van der Waals surface area (Å²) in [5, 5.41) is 2.85. The minimum absolute atomic E-state index is 0.124. The minimum atomic E-state index is -3.18. The zero-order chi connectivity index (χ0) is 16.0. The van der Waals surface area contributed by atoms with Crippen molar-refractivity contribution in [3.05, 3.63) is 27.3 Å². The Labute approximate surface area is 139 Å². The lowest BCUT2D eigenvalue weighted by molar-refractivity contribution is -0.117. The topological polar surface area (TPSA) is 78.5 Å². The Morgan fingerprint density at radius 1 is 1.38 bits per heavy atom. The Morgan fingerprint density at radius 3 is 2.62 bits per heavy atom. The van der Waals surface area contributed by atoms with Crippen LogP contribution in [0.1, 0.15) is 5.56 Å². The molecular formula is C13H20IN3O3S. The molecule has 0 fully saturated rings. The molecule has 0 saturated heterocycles. The predicted octanol–water partition coefficient (Wildman–Crippen LogP) is 1.02. The number of amides is 1. The van der Waals surface area contributed by atoms with Crippen LogP contribution in [0.4, 0.5) is 5.69 Å². The van der Waals surface area contributed by atoms with Crippen molar-refractivity contribution in [1.82, 2.24) is 9.62 Å². The number of halogens is 1. The lowest BCUT2D eigenvalue weighted by atomic mass is 10.2. The summed E-state index contributed by atoms with van der Waals surface area (Å²) in [5.74, 6) is -0.124. The highest BCUT2D eigenvalue weighted by Gasteiger charge is 2.09. The largest absolute Gasteiger partial charge is 0.325 e. The van der Waals surface area contributed by atoms with E-state index in [9.17, 15) is 13.2 Å². The Hall–Kier alpha value is -0.710. The van der Waals surface area contributed by atoms with Gasteiger partial charge >= 0.3 is 0 Å². The van der Waals surface area contributed by atoms with E-state index in [0.29, 0.717) is 6.54 Å². The first-order chi connectivity index (χ1) is 9.67. The predicted molar refractivity (Wildman–Crippen MR) is 92.9 cm³/mol. The van der Waals surface area contributed by atoms with E-state index in [0.717, 1.165) is 21.1 Å². The van der Waals surface area contributed by atoms with E-state index in [1.807, 2.05) is 25.1 Å². The van der Waals surface area contributed by atoms with Crippen LogP contribution in [-0.4, -0.2) is 52.2 Å². The van der Waals surface area contributed by atoms with Gasteiger partial charge in [0.05, 0.1) is 12.8 Å². The van der Waals surface area contributed by atoms with Gasteiger partial charge in [0.1, 0.15) is 0 Å². The van der Waals surface area contributed by atoms with Crippen molar-refractivity contribution in [2.24, 2.45) is 0 Å². The average Bonchev–Trinajstić information content (AvgIpc) is 2.31. The number of carbonyl (C=O) groups excluding carboxylic acids is 1. The summed E-state index contributed by atoms with van der Waals surface area (Å²) in [5.41, 5.74) is 1.81. The highest BCUT2D eigenvalue weighted by atomic mass is 127. The van der Waals surface area contributed by atoms with Crippen LogP contribution in [0.15, 0.2) is 18.2 Å². The van der Waals surface area contributed by atoms with Crippen molar-refractivity contribution in [1.29, 1.82) is 0 Å². The SMILES string of the molecule is Cc1cc(I)ccc1NC(=O)CN(C)CCNS(C)(=O)=O. The first-order valence-electron chi connectivity index (χ1n) is 6.36. The third-order valence-electron chi connectivity index (χ3n) is 2.73. The van der Waals surface area contributed by atoms with Gasteiger partial charge in [-0.2, -0.15) is 0 Å². The zero-order valence-electron chi connectivity index (χ0n) is 12.3. The maximum absolute atomic E-state index is 11.9. The van der Waals surface area contributed by atoms with Crippen LogP contribution >= 0.6 is 22.6 Å². The number of nitrogens with zero attached hydrogens (tertiary/aromatic N) is 1. The van der Waals surface area contributed by atoms with Gasteiger partial charge in [-0.25, -0.2) is 13.1 Å². The number of sulfonamides is 1. The van der Waals surface area contributed by atoms with Crippen molar-refractivity contribution in [2.45, 2.75) is 6.92 Å². The molecule has 0 heterocycles. The van der Waals surface area contributed by atoms with Gasteiger partial charge in [0.15, 0.2) is 0 Å². The van der Waals surface area contributed by atoms with Crippen molar-refractivity contribution in [3.8, 4) is 0 Å². The molecule has 118 valence electrons. The fraction of sp³-hybridized carbons (Fsp3) is 0.462. The van der Waals surface area contributed by atoms with Crippen LogP contribution < -0.4 is 10.0 Å². The molecule has 21 heavy (non-hydrogen) atoms. The van der Waals surface area contributed by atoms with Gasteiger partial charge in [0.25, 0.3) is 0 Å². The van der Waals surface area contributed by atoms with E-state index in [2.05, 4.69) is 32.6 Å². The first-order valence-corrected chi connectivity index (χ1v) is 9.33. The second-order valence-electron chi connectivity index (χ2n) is 4.91. The average molecular weight is 425 g/mol. The number of rotatable bonds is 7. The zero-order valence-corrected chi connectivity index (χ0v) is 15.3. The Bertz CT molecular complexity index is 605. The van der Waals surface area contributed by atoms with Gasteiger partial charge < -0.3 is 5.32 Å². The molecule has 1 aromatic carbocycles. The molecule has 8 heteroatoms. The molecule has 6 nitrogen and oxygen atoms in total. The normalized spacial score (nSPS) is 11.7. The molecule has 0 saturated carbocycles. The van der Waals surface area contributed by atoms with E-state index < -0.39 is 10.0 Å². The minimum Gasteiger partial charge on any atom is -0.325 e. The summed E-state index contributed by atoms with van der Waals surface area (Å²) in [4.78, 5) is 13.7. The Morgan fingerprint density at radius 2 is 2.05 bits per heavy atom. The lowest BCUT2D eigenvalue weighted by Crippen LogP contribution is -2.36. The van der Waals surface area contributed by atoms with Crippen molar-refractivity contribution in [2.75, 3.05) is 38.3 Å². The van der Waals surface area contributed by atoms with Crippen molar-refractivity contribution in [3.63, 3.8) is 0 Å². The highest BCUT2D eigenvalue weighted by Crippen LogP contribution is 2.17. The summed E-state index contributed by atoms with van der Waals surface area (Å²) in [6.45, 7) is 2.89. The number of aryl methyl sites for hydroxylation is 1. The maximum Gasteiger partial charge on any atom is 0.238 e. The van der Waals surface area contributed by atoms with Crippen LogP contribution in [0.25, 0.3) is 0 Å². The molecule has 0 radical (unpaired) electrons. The highest BCUT2D eigenvalue weighted by molar-refractivity contribution is 14.1. The molecule has 0 aliphatic rings. The second kappa shape index (κ2) is 8.06. The lowest BCUT2D eigenvalue weighted by Gasteiger charge is -2.16. The van der Waals surface area contributed by atoms with E-state index in [4.69, 9.17) is 0 Å². The molecular weight excluding hydrogens is 405 g/mol. The molecule has 1 aromatic rings. The summed E-state index contributed by atoms with van der Waals surface area (Å²) in [6, 6.07) is 5.80. The molecule has 0 atom stereocenters. The van der Waals surface area contributed by atoms with Crippen LogP contribution in [-0.2, 0) is 14.8 Å². The Kier molecular flexibility index (Phi) is 7.04. The van der Waals surface area contributed by atoms with Gasteiger partial charge in [-0.15, -0.1) is 0 Å². The molecule has 0 aromatic heterocycles. The van der Waals surface area contributed by atoms with Gasteiger partial charge in [-0.1, -0.05) is 0 Å². The fourth-order valence-corrected chi connectivity index (χ4v) is 2.81. The molecule has 2 N–H and O–H groups in total. The summed E-state index contributed by atoms with van der Waals surface area (Å²) in [6.07, 6.45) is 1.11. The number of benzene rings is 1. The van der Waals surface area contributed by atoms with E-state index in [1.54, 1.807) is 11.9 Å². The maximum atomic E-state index is 11.9. The number of carbonyl (C=O) groups is 1. The molecule has 1 rings (SSSR count). The second-order valence-corrected chi connectivity index (χ2v) is 7.99. The number of hydrogen-bond donors (Lipinski definition) is 2. The molecule has 0 bridgehead atoms. The third kappa shape index (κ3) is 7.74. The van der Waals surface area contributed by atoms with Gasteiger partial charge in [-0.05, 0) is 60.3 Å². The third-order valence-corrected chi connectivity index (χ3v) is 4.13. The Balaban J connectivity index is 2.42. The summed E-state index contributed by atoms with van der Waals surface area (Å²) < 4.78 is 25.4. The van der Waals surface area contributed by atoms with Gasteiger partial charge in [0, 0.05) is 22.3 Å². The summed E-state index contributed by atoms with van der Waals surface area (Å²) in [7, 11) is -1.42. The monoisotopic (exact) mass is 425 g/mol. The molecule has 0 aliphatic heterocycles. The number of hydrogen-bond acceptors (Lipinski definition) is 4. The number of likely N-dealkylation sites (N-methyl/N-ethyl adjacent to an activating group) is 1. The summed E-state index contributed by atoms with van der Waals surface area (Å²) >= 11 is 2.22. The van der Waals surface area contributed by atoms with Crippen LogP contribution in [0.2, 0.25) is 0 Å². The van der Waals surface area contributed by atoms with Gasteiger partial charge in [-0.3, -0.25) is 9.69 Å². The number of nitrogens with one attached hydrogen (secondary N) is 2. The quantitative estimate of drug-likeness (QED) is 0.640. The number of anilines is 1. The smallest absolute Gasteiger partial charge is 0.238 e. The van der Waals surface area contributed by atoms with Crippen LogP contribution in [0.3, 0.4) is 0 Å². The van der Waals surface area contributed by atoms with Crippen molar-refractivity contribution >= 4 is 44.2 Å². The van der Waals surface area contributed by atoms with Crippen molar-refractivity contribution < 1.29 is 13.2 Å². The molecule has 0 unspecified atom stereocenters. The van der Waals surface area contributed by atoms with E-state index >= 15 is 0 Å². The van der Waals surface area contributed by atoms with E-state index in [1.165, 1.54) is 0 Å². The molecule has 0 spiro atoms. The van der Waals surface area contributed by atoms with Crippen LogP contribution in [0, 0.1) is 10.5 Å². The molecule has 1 amide bonds. The first kappa shape index (κ1) is 18.3. The van der Waals surface area contributed by atoms with Crippen LogP contribution in [0.5, 0.6) is 0 Å². The molecule has 0 aliphatic carbocycles. The van der Waals surface area contributed by atoms with Gasteiger partial charge in [0.2, 0.25) is 15.9 Å². The standard InChI is InChI=1S/C13H20IN3O3S/c1-10-8-11(14)4-5-12(10)16-13(18)9-17(2)7-6-15-21(3,19)20/h4-5,8,15H,6-7,9H2,1-3H3,(H,16,18). The van der Waals surface area contributed by atoms with E-state index in [-0.39, 0.29) is 19.0 Å².